The van der Waals surface area contributed by atoms with E-state index in [1.54, 1.807) is 24.3 Å². The molecule has 1 unspecified atom stereocenters. The van der Waals surface area contributed by atoms with Crippen molar-refractivity contribution in [3.63, 3.8) is 0 Å². The van der Waals surface area contributed by atoms with E-state index in [0.29, 0.717) is 15.6 Å². The van der Waals surface area contributed by atoms with E-state index in [9.17, 15) is 4.79 Å². The van der Waals surface area contributed by atoms with Crippen LogP contribution in [0, 0.1) is 7.14 Å². The minimum atomic E-state index is -0.508. The third kappa shape index (κ3) is 5.01. The Bertz CT molecular complexity index is 982. The van der Waals surface area contributed by atoms with E-state index in [-0.39, 0.29) is 17.7 Å². The maximum absolute atomic E-state index is 12.2. The fourth-order valence-electron chi connectivity index (χ4n) is 2.38. The van der Waals surface area contributed by atoms with Gasteiger partial charge in [-0.25, -0.2) is 9.79 Å². The highest BCUT2D eigenvalue weighted by atomic mass is 127. The SMILES string of the molecule is CCC(C)Oc1c(I)cc(/C=C2\N=C(c3ccc(Cl)c(Cl)c3)OC2=O)cc1I. The third-order valence-electron chi connectivity index (χ3n) is 4.01. The normalized spacial score (nSPS) is 16.1. The van der Waals surface area contributed by atoms with Crippen LogP contribution >= 0.6 is 68.4 Å². The first-order valence-corrected chi connectivity index (χ1v) is 11.3. The number of ether oxygens (including phenoxy) is 2. The molecular formula is C20H15Cl2I2NO3. The summed E-state index contributed by atoms with van der Waals surface area (Å²) in [6.07, 6.45) is 2.76. The van der Waals surface area contributed by atoms with Crippen LogP contribution in [0.5, 0.6) is 5.75 Å². The molecule has 8 heteroatoms. The predicted molar refractivity (Wildman–Crippen MR) is 129 cm³/mol. The van der Waals surface area contributed by atoms with E-state index >= 15 is 0 Å². The van der Waals surface area contributed by atoms with Crippen molar-refractivity contribution in [1.82, 2.24) is 0 Å². The summed E-state index contributed by atoms with van der Waals surface area (Å²) in [5, 5.41) is 0.798. The van der Waals surface area contributed by atoms with Gasteiger partial charge in [-0.1, -0.05) is 30.1 Å². The molecule has 0 spiro atoms. The lowest BCUT2D eigenvalue weighted by molar-refractivity contribution is -0.129. The largest absolute Gasteiger partial charge is 0.489 e. The van der Waals surface area contributed by atoms with Crippen molar-refractivity contribution >= 4 is 86.3 Å². The average molecular weight is 642 g/mol. The van der Waals surface area contributed by atoms with Crippen molar-refractivity contribution < 1.29 is 14.3 Å². The van der Waals surface area contributed by atoms with Gasteiger partial charge in [0, 0.05) is 5.56 Å². The van der Waals surface area contributed by atoms with Crippen LogP contribution in [-0.4, -0.2) is 18.0 Å². The number of carbonyl (C=O) groups is 1. The summed E-state index contributed by atoms with van der Waals surface area (Å²) in [6.45, 7) is 4.12. The number of benzene rings is 2. The Kier molecular flexibility index (Phi) is 7.27. The molecule has 1 aliphatic heterocycles. The Morgan fingerprint density at radius 1 is 1.18 bits per heavy atom. The van der Waals surface area contributed by atoms with Crippen molar-refractivity contribution in [2.75, 3.05) is 0 Å². The Hall–Kier alpha value is -0.840. The maximum atomic E-state index is 12.2. The van der Waals surface area contributed by atoms with E-state index < -0.39 is 5.97 Å². The smallest absolute Gasteiger partial charge is 0.363 e. The lowest BCUT2D eigenvalue weighted by atomic mass is 10.2. The van der Waals surface area contributed by atoms with Crippen LogP contribution in [-0.2, 0) is 9.53 Å². The van der Waals surface area contributed by atoms with Gasteiger partial charge in [-0.2, -0.15) is 0 Å². The van der Waals surface area contributed by atoms with Crippen LogP contribution in [0.2, 0.25) is 10.0 Å². The molecule has 0 aromatic heterocycles. The van der Waals surface area contributed by atoms with Crippen LogP contribution in [0.1, 0.15) is 31.4 Å². The zero-order chi connectivity index (χ0) is 20.4. The zero-order valence-electron chi connectivity index (χ0n) is 14.9. The van der Waals surface area contributed by atoms with E-state index in [1.165, 1.54) is 0 Å². The Balaban J connectivity index is 1.91. The Morgan fingerprint density at radius 2 is 1.86 bits per heavy atom. The Morgan fingerprint density at radius 3 is 2.46 bits per heavy atom. The van der Waals surface area contributed by atoms with Gasteiger partial charge in [0.05, 0.1) is 23.3 Å². The van der Waals surface area contributed by atoms with Gasteiger partial charge >= 0.3 is 5.97 Å². The molecule has 146 valence electrons. The van der Waals surface area contributed by atoms with Crippen LogP contribution in [0.3, 0.4) is 0 Å². The number of esters is 1. The van der Waals surface area contributed by atoms with E-state index in [0.717, 1.165) is 24.9 Å². The summed E-state index contributed by atoms with van der Waals surface area (Å²) in [4.78, 5) is 16.6. The summed E-state index contributed by atoms with van der Waals surface area (Å²) in [5.74, 6) is 0.550. The van der Waals surface area contributed by atoms with Gasteiger partial charge in [0.15, 0.2) is 5.70 Å². The van der Waals surface area contributed by atoms with Crippen molar-refractivity contribution in [3.8, 4) is 5.75 Å². The molecule has 0 bridgehead atoms. The fraction of sp³-hybridized carbons (Fsp3) is 0.200. The summed E-state index contributed by atoms with van der Waals surface area (Å²) in [5.41, 5.74) is 1.66. The second kappa shape index (κ2) is 9.32. The molecule has 0 radical (unpaired) electrons. The number of hydrogen-bond donors (Lipinski definition) is 0. The number of aliphatic imine (C=N–C) groups is 1. The molecule has 0 fully saturated rings. The second-order valence-electron chi connectivity index (χ2n) is 6.12. The van der Waals surface area contributed by atoms with E-state index in [4.69, 9.17) is 32.7 Å². The molecule has 1 heterocycles. The van der Waals surface area contributed by atoms with Crippen molar-refractivity contribution in [1.29, 1.82) is 0 Å². The van der Waals surface area contributed by atoms with Crippen LogP contribution in [0.4, 0.5) is 0 Å². The molecule has 0 saturated carbocycles. The molecule has 1 atom stereocenters. The lowest BCUT2D eigenvalue weighted by Crippen LogP contribution is -2.11. The number of cyclic esters (lactones) is 1. The fourth-order valence-corrected chi connectivity index (χ4v) is 4.75. The van der Waals surface area contributed by atoms with Crippen LogP contribution in [0.15, 0.2) is 41.0 Å². The van der Waals surface area contributed by atoms with Gasteiger partial charge in [-0.15, -0.1) is 0 Å². The van der Waals surface area contributed by atoms with Gasteiger partial charge < -0.3 is 9.47 Å². The van der Waals surface area contributed by atoms with Crippen LogP contribution in [0.25, 0.3) is 6.08 Å². The zero-order valence-corrected chi connectivity index (χ0v) is 20.8. The first-order valence-electron chi connectivity index (χ1n) is 8.42. The predicted octanol–water partition coefficient (Wildman–Crippen LogP) is 6.72. The molecule has 2 aromatic rings. The van der Waals surface area contributed by atoms with E-state index in [1.807, 2.05) is 19.1 Å². The number of halogens is 4. The number of nitrogens with zero attached hydrogens (tertiary/aromatic N) is 1. The Labute approximate surface area is 200 Å². The maximum Gasteiger partial charge on any atom is 0.363 e. The number of carbonyl (C=O) groups excluding carboxylic acids is 1. The standard InChI is InChI=1S/C20H15Cl2I2NO3/c1-3-10(2)27-18-15(23)6-11(7-16(18)24)8-17-20(26)28-19(25-17)12-4-5-13(21)14(22)9-12/h4-10H,3H2,1-2H3/b17-8-. The molecule has 28 heavy (non-hydrogen) atoms. The number of hydrogen-bond acceptors (Lipinski definition) is 4. The lowest BCUT2D eigenvalue weighted by Gasteiger charge is -2.16. The van der Waals surface area contributed by atoms with E-state index in [2.05, 4.69) is 57.1 Å². The number of rotatable bonds is 5. The van der Waals surface area contributed by atoms with Gasteiger partial charge in [-0.05, 0) is 100 Å². The highest BCUT2D eigenvalue weighted by Crippen LogP contribution is 2.32. The molecule has 1 aliphatic rings. The summed E-state index contributed by atoms with van der Waals surface area (Å²) >= 11 is 16.4. The van der Waals surface area contributed by atoms with Crippen molar-refractivity contribution in [2.45, 2.75) is 26.4 Å². The van der Waals surface area contributed by atoms with Gasteiger partial charge in [0.25, 0.3) is 0 Å². The minimum Gasteiger partial charge on any atom is -0.489 e. The molecule has 0 N–H and O–H groups in total. The molecular weight excluding hydrogens is 627 g/mol. The van der Waals surface area contributed by atoms with Gasteiger partial charge in [-0.3, -0.25) is 0 Å². The first kappa shape index (κ1) is 21.9. The van der Waals surface area contributed by atoms with Gasteiger partial charge in [0.1, 0.15) is 5.75 Å². The highest BCUT2D eigenvalue weighted by molar-refractivity contribution is 14.1. The third-order valence-corrected chi connectivity index (χ3v) is 6.35. The van der Waals surface area contributed by atoms with Crippen molar-refractivity contribution in [3.05, 3.63) is 64.3 Å². The first-order chi connectivity index (χ1) is 13.3. The quantitative estimate of drug-likeness (QED) is 0.207. The molecule has 0 aliphatic carbocycles. The minimum absolute atomic E-state index is 0.134. The van der Waals surface area contributed by atoms with Crippen LogP contribution < -0.4 is 4.74 Å². The summed E-state index contributed by atoms with van der Waals surface area (Å²) in [6, 6.07) is 8.86. The molecule has 2 aromatic carbocycles. The summed E-state index contributed by atoms with van der Waals surface area (Å²) in [7, 11) is 0. The van der Waals surface area contributed by atoms with Gasteiger partial charge in [0.2, 0.25) is 5.90 Å². The molecule has 0 saturated heterocycles. The average Bonchev–Trinajstić information content (AvgIpc) is 3.00. The molecule has 4 nitrogen and oxygen atoms in total. The summed E-state index contributed by atoms with van der Waals surface area (Å²) < 4.78 is 13.2. The molecule has 0 amide bonds. The topological polar surface area (TPSA) is 47.9 Å². The van der Waals surface area contributed by atoms with Crippen molar-refractivity contribution in [2.24, 2.45) is 4.99 Å². The second-order valence-corrected chi connectivity index (χ2v) is 9.25. The monoisotopic (exact) mass is 641 g/mol. The molecule has 3 rings (SSSR count). The highest BCUT2D eigenvalue weighted by Gasteiger charge is 2.25.